The van der Waals surface area contributed by atoms with Gasteiger partial charge in [-0.3, -0.25) is 9.59 Å². The maximum absolute atomic E-state index is 12.3. The number of amides is 2. The fourth-order valence-corrected chi connectivity index (χ4v) is 3.14. The van der Waals surface area contributed by atoms with Crippen LogP contribution in [-0.4, -0.2) is 67.7 Å². The largest absolute Gasteiger partial charge is 0.383 e. The number of nitrogens with one attached hydrogen (secondary N) is 2. The van der Waals surface area contributed by atoms with Crippen molar-refractivity contribution in [1.29, 1.82) is 0 Å². The molecule has 0 aromatic carbocycles. The van der Waals surface area contributed by atoms with Crippen molar-refractivity contribution in [2.24, 2.45) is 5.41 Å². The Kier molecular flexibility index (Phi) is 10.1. The highest BCUT2D eigenvalue weighted by Gasteiger charge is 2.38. The lowest BCUT2D eigenvalue weighted by atomic mass is 9.94. The van der Waals surface area contributed by atoms with Crippen LogP contribution < -0.4 is 10.6 Å². The molecule has 0 aromatic rings. The maximum Gasteiger partial charge on any atom is 0.243 e. The maximum atomic E-state index is 12.3. The zero-order valence-corrected chi connectivity index (χ0v) is 15.4. The Labute approximate surface area is 143 Å². The lowest BCUT2D eigenvalue weighted by Crippen LogP contribution is -2.51. The predicted octanol–water partition coefficient (Wildman–Crippen LogP) is 0.708. The molecule has 0 bridgehead atoms. The fraction of sp³-hybridized carbons (Fsp3) is 0.857. The quantitative estimate of drug-likeness (QED) is 0.660. The average Bonchev–Trinajstić information content (AvgIpc) is 2.89. The number of carbonyl (C=O) groups is 2. The average molecular weight is 354 g/mol. The van der Waals surface area contributed by atoms with Gasteiger partial charge in [0.05, 0.1) is 12.5 Å². The van der Waals surface area contributed by atoms with Gasteiger partial charge in [0.25, 0.3) is 0 Å². The van der Waals surface area contributed by atoms with Gasteiger partial charge in [-0.1, -0.05) is 20.8 Å². The fourth-order valence-electron chi connectivity index (χ4n) is 1.98. The molecule has 1 aliphatic heterocycles. The first-order valence-electron chi connectivity index (χ1n) is 7.24. The first-order chi connectivity index (χ1) is 9.88. The minimum Gasteiger partial charge on any atom is -0.383 e. The summed E-state index contributed by atoms with van der Waals surface area (Å²) >= 11 is 1.63. The van der Waals surface area contributed by atoms with Crippen LogP contribution in [-0.2, 0) is 14.3 Å². The highest BCUT2D eigenvalue weighted by Crippen LogP contribution is 2.27. The number of halogens is 1. The smallest absolute Gasteiger partial charge is 0.243 e. The summed E-state index contributed by atoms with van der Waals surface area (Å²) in [6.07, 6.45) is 0. The van der Waals surface area contributed by atoms with Gasteiger partial charge < -0.3 is 20.3 Å². The first kappa shape index (κ1) is 21.5. The second-order valence-corrected chi connectivity index (χ2v) is 7.07. The summed E-state index contributed by atoms with van der Waals surface area (Å²) in [6, 6.07) is -0.347. The normalized spacial score (nSPS) is 18.0. The number of hydrogen-bond acceptors (Lipinski definition) is 5. The molecule has 0 aliphatic carbocycles. The SMILES string of the molecule is COCCNCCNC(=O)C1CSCN1C(=O)C(C)(C)C.Cl. The summed E-state index contributed by atoms with van der Waals surface area (Å²) in [5.74, 6) is 1.24. The summed E-state index contributed by atoms with van der Waals surface area (Å²) in [6.45, 7) is 8.32. The van der Waals surface area contributed by atoms with Gasteiger partial charge in [0.15, 0.2) is 0 Å². The van der Waals surface area contributed by atoms with Crippen LogP contribution in [0, 0.1) is 5.41 Å². The van der Waals surface area contributed by atoms with Gasteiger partial charge in [-0.15, -0.1) is 24.2 Å². The van der Waals surface area contributed by atoms with Crippen LogP contribution in [0.4, 0.5) is 0 Å². The number of rotatable bonds is 7. The van der Waals surface area contributed by atoms with Gasteiger partial charge in [-0.2, -0.15) is 0 Å². The molecule has 1 unspecified atom stereocenters. The van der Waals surface area contributed by atoms with E-state index in [1.807, 2.05) is 20.8 Å². The number of nitrogens with zero attached hydrogens (tertiary/aromatic N) is 1. The zero-order chi connectivity index (χ0) is 15.9. The molecule has 1 fully saturated rings. The molecular formula is C14H28ClN3O3S. The minimum atomic E-state index is -0.453. The molecule has 1 rings (SSSR count). The van der Waals surface area contributed by atoms with Gasteiger partial charge in [0.2, 0.25) is 11.8 Å². The lowest BCUT2D eigenvalue weighted by Gasteiger charge is -2.29. The predicted molar refractivity (Wildman–Crippen MR) is 92.4 cm³/mol. The number of thioether (sulfide) groups is 1. The van der Waals surface area contributed by atoms with Crippen molar-refractivity contribution in [1.82, 2.24) is 15.5 Å². The number of ether oxygens (including phenoxy) is 1. The van der Waals surface area contributed by atoms with E-state index in [0.717, 1.165) is 6.54 Å². The molecule has 8 heteroatoms. The van der Waals surface area contributed by atoms with Crippen LogP contribution in [0.2, 0.25) is 0 Å². The number of hydrogen-bond donors (Lipinski definition) is 2. The molecule has 0 saturated carbocycles. The molecule has 0 spiro atoms. The summed E-state index contributed by atoms with van der Waals surface area (Å²) in [7, 11) is 1.65. The van der Waals surface area contributed by atoms with Crippen LogP contribution in [0.1, 0.15) is 20.8 Å². The van der Waals surface area contributed by atoms with Crippen LogP contribution >= 0.6 is 24.2 Å². The Balaban J connectivity index is 0.00000441. The molecule has 22 heavy (non-hydrogen) atoms. The highest BCUT2D eigenvalue weighted by atomic mass is 35.5. The van der Waals surface area contributed by atoms with Crippen molar-refractivity contribution in [3.05, 3.63) is 0 Å². The Morgan fingerprint density at radius 2 is 1.95 bits per heavy atom. The van der Waals surface area contributed by atoms with Crippen LogP contribution in [0.25, 0.3) is 0 Å². The third-order valence-corrected chi connectivity index (χ3v) is 4.18. The van der Waals surface area contributed by atoms with Gasteiger partial charge in [-0.25, -0.2) is 0 Å². The summed E-state index contributed by atoms with van der Waals surface area (Å²) in [4.78, 5) is 26.2. The van der Waals surface area contributed by atoms with E-state index in [9.17, 15) is 9.59 Å². The van der Waals surface area contributed by atoms with E-state index in [1.54, 1.807) is 23.8 Å². The standard InChI is InChI=1S/C14H27N3O3S.ClH/c1-14(2,3)13(19)17-10-21-9-11(17)12(18)16-6-5-15-7-8-20-4;/h11,15H,5-10H2,1-4H3,(H,16,18);1H. The summed E-state index contributed by atoms with van der Waals surface area (Å²) < 4.78 is 4.93. The van der Waals surface area contributed by atoms with Crippen molar-refractivity contribution < 1.29 is 14.3 Å². The van der Waals surface area contributed by atoms with Crippen molar-refractivity contribution in [3.63, 3.8) is 0 Å². The molecule has 1 saturated heterocycles. The van der Waals surface area contributed by atoms with E-state index in [-0.39, 0.29) is 30.3 Å². The minimum absolute atomic E-state index is 0. The molecule has 1 heterocycles. The molecule has 2 amide bonds. The summed E-state index contributed by atoms with van der Waals surface area (Å²) in [5.41, 5.74) is -0.453. The van der Waals surface area contributed by atoms with Gasteiger partial charge in [0, 0.05) is 37.9 Å². The van der Waals surface area contributed by atoms with E-state index in [2.05, 4.69) is 10.6 Å². The lowest BCUT2D eigenvalue weighted by molar-refractivity contribution is -0.144. The molecule has 0 radical (unpaired) electrons. The van der Waals surface area contributed by atoms with Crippen molar-refractivity contribution in [2.45, 2.75) is 26.8 Å². The topological polar surface area (TPSA) is 70.7 Å². The zero-order valence-electron chi connectivity index (χ0n) is 13.8. The number of methoxy groups -OCH3 is 1. The molecule has 130 valence electrons. The highest BCUT2D eigenvalue weighted by molar-refractivity contribution is 7.99. The Hall–Kier alpha value is -0.500. The number of carbonyl (C=O) groups excluding carboxylic acids is 2. The van der Waals surface area contributed by atoms with E-state index < -0.39 is 5.41 Å². The third kappa shape index (κ3) is 6.73. The van der Waals surface area contributed by atoms with E-state index in [0.29, 0.717) is 31.3 Å². The Morgan fingerprint density at radius 1 is 1.27 bits per heavy atom. The molecule has 6 nitrogen and oxygen atoms in total. The molecule has 0 aromatic heterocycles. The first-order valence-corrected chi connectivity index (χ1v) is 8.39. The van der Waals surface area contributed by atoms with E-state index in [1.165, 1.54) is 0 Å². The van der Waals surface area contributed by atoms with E-state index in [4.69, 9.17) is 4.74 Å². The van der Waals surface area contributed by atoms with Crippen molar-refractivity contribution in [2.75, 3.05) is 45.0 Å². The molecular weight excluding hydrogens is 326 g/mol. The van der Waals surface area contributed by atoms with Crippen molar-refractivity contribution in [3.8, 4) is 0 Å². The summed E-state index contributed by atoms with van der Waals surface area (Å²) in [5, 5.41) is 6.05. The monoisotopic (exact) mass is 353 g/mol. The van der Waals surface area contributed by atoms with Crippen LogP contribution in [0.5, 0.6) is 0 Å². The second kappa shape index (κ2) is 10.3. The molecule has 1 aliphatic rings. The van der Waals surface area contributed by atoms with E-state index >= 15 is 0 Å². The molecule has 1 atom stereocenters. The van der Waals surface area contributed by atoms with Gasteiger partial charge in [-0.05, 0) is 0 Å². The van der Waals surface area contributed by atoms with Gasteiger partial charge >= 0.3 is 0 Å². The van der Waals surface area contributed by atoms with Crippen LogP contribution in [0.3, 0.4) is 0 Å². The Morgan fingerprint density at radius 3 is 2.55 bits per heavy atom. The Bertz CT molecular complexity index is 364. The van der Waals surface area contributed by atoms with Gasteiger partial charge in [0.1, 0.15) is 6.04 Å². The molecule has 2 N–H and O–H groups in total. The van der Waals surface area contributed by atoms with Crippen molar-refractivity contribution >= 4 is 36.0 Å². The van der Waals surface area contributed by atoms with Crippen LogP contribution in [0.15, 0.2) is 0 Å². The third-order valence-electron chi connectivity index (χ3n) is 3.17. The second-order valence-electron chi connectivity index (χ2n) is 6.07.